The van der Waals surface area contributed by atoms with Crippen LogP contribution >= 0.6 is 0 Å². The van der Waals surface area contributed by atoms with E-state index < -0.39 is 17.2 Å². The Morgan fingerprint density at radius 3 is 2.67 bits per heavy atom. The van der Waals surface area contributed by atoms with E-state index in [1.54, 1.807) is 4.57 Å². The summed E-state index contributed by atoms with van der Waals surface area (Å²) in [5, 5.41) is 9.53. The first-order valence-corrected chi connectivity index (χ1v) is 10.5. The lowest BCUT2D eigenvalue weighted by molar-refractivity contribution is 0.0695. The zero-order chi connectivity index (χ0) is 21.2. The van der Waals surface area contributed by atoms with Crippen molar-refractivity contribution in [2.24, 2.45) is 5.92 Å². The van der Waals surface area contributed by atoms with Gasteiger partial charge < -0.3 is 24.2 Å². The Morgan fingerprint density at radius 2 is 2.03 bits per heavy atom. The molecule has 1 aliphatic carbocycles. The molecule has 2 atom stereocenters. The Hall–Kier alpha value is -2.61. The van der Waals surface area contributed by atoms with Gasteiger partial charge in [0.05, 0.1) is 18.0 Å². The number of carboxylic acid groups (broad SMARTS) is 1. The maximum Gasteiger partial charge on any atom is 0.341 e. The number of likely N-dealkylation sites (tertiary alicyclic amines) is 1. The van der Waals surface area contributed by atoms with Crippen molar-refractivity contribution < 1.29 is 19.0 Å². The number of aromatic carboxylic acids is 1. The van der Waals surface area contributed by atoms with Crippen LogP contribution in [0.2, 0.25) is 0 Å². The van der Waals surface area contributed by atoms with Gasteiger partial charge in [-0.3, -0.25) is 4.79 Å². The molecule has 160 valence electrons. The van der Waals surface area contributed by atoms with Gasteiger partial charge in [-0.15, -0.1) is 0 Å². The van der Waals surface area contributed by atoms with Crippen LogP contribution in [-0.4, -0.2) is 60.4 Å². The van der Waals surface area contributed by atoms with E-state index in [4.69, 9.17) is 4.74 Å². The summed E-state index contributed by atoms with van der Waals surface area (Å²) in [5.74, 6) is -1.04. The number of anilines is 1. The van der Waals surface area contributed by atoms with Crippen molar-refractivity contribution in [2.45, 2.75) is 37.8 Å². The third-order valence-corrected chi connectivity index (χ3v) is 6.95. The van der Waals surface area contributed by atoms with E-state index in [1.807, 2.05) is 4.90 Å². The summed E-state index contributed by atoms with van der Waals surface area (Å²) in [5.41, 5.74) is -0.135. The third-order valence-electron chi connectivity index (χ3n) is 6.95. The number of pyridine rings is 1. The third kappa shape index (κ3) is 2.88. The molecule has 8 heteroatoms. The summed E-state index contributed by atoms with van der Waals surface area (Å²) in [4.78, 5) is 28.8. The zero-order valence-corrected chi connectivity index (χ0v) is 17.2. The standard InChI is InChI=1S/C22H26FN3O4/c1-24-7-3-4-12-9-25(11-17(12)24)19-16(23)8-14-18(21(19)30-2)26(13-5-6-13)10-15(20(14)27)22(28)29/h8,10,12-13,17H,3-7,9,11H2,1-2H3,(H,28,29)/t12-,17-/m1/s1. The molecule has 0 spiro atoms. The number of fused-ring (bicyclic) bond motifs is 2. The molecule has 2 saturated heterocycles. The fourth-order valence-electron chi connectivity index (χ4n) is 5.31. The molecule has 2 aromatic rings. The smallest absolute Gasteiger partial charge is 0.341 e. The zero-order valence-electron chi connectivity index (χ0n) is 17.2. The first-order valence-electron chi connectivity index (χ1n) is 10.5. The Bertz CT molecular complexity index is 1090. The fraction of sp³-hybridized carbons (Fsp3) is 0.545. The second-order valence-electron chi connectivity index (χ2n) is 8.81. The van der Waals surface area contributed by atoms with Crippen molar-refractivity contribution >= 4 is 22.6 Å². The molecule has 1 saturated carbocycles. The minimum absolute atomic E-state index is 0.0635. The summed E-state index contributed by atoms with van der Waals surface area (Å²) in [6.07, 6.45) is 5.45. The van der Waals surface area contributed by atoms with Gasteiger partial charge in [0.1, 0.15) is 11.3 Å². The van der Waals surface area contributed by atoms with E-state index in [1.165, 1.54) is 19.4 Å². The van der Waals surface area contributed by atoms with Gasteiger partial charge in [-0.2, -0.15) is 0 Å². The van der Waals surface area contributed by atoms with Crippen LogP contribution in [0.3, 0.4) is 0 Å². The second-order valence-corrected chi connectivity index (χ2v) is 8.81. The summed E-state index contributed by atoms with van der Waals surface area (Å²) >= 11 is 0. The molecular formula is C22H26FN3O4. The maximum atomic E-state index is 15.4. The largest absolute Gasteiger partial charge is 0.492 e. The molecule has 0 amide bonds. The lowest BCUT2D eigenvalue weighted by Crippen LogP contribution is -2.42. The van der Waals surface area contributed by atoms with Crippen molar-refractivity contribution in [3.63, 3.8) is 0 Å². The van der Waals surface area contributed by atoms with Crippen molar-refractivity contribution in [3.05, 3.63) is 33.9 Å². The van der Waals surface area contributed by atoms with Gasteiger partial charge in [-0.25, -0.2) is 9.18 Å². The molecule has 1 aromatic carbocycles. The van der Waals surface area contributed by atoms with Crippen LogP contribution in [0.4, 0.5) is 10.1 Å². The number of likely N-dealkylation sites (N-methyl/N-ethyl adjacent to an activating group) is 1. The first kappa shape index (κ1) is 19.4. The van der Waals surface area contributed by atoms with Crippen LogP contribution in [0.15, 0.2) is 17.1 Å². The van der Waals surface area contributed by atoms with E-state index in [0.717, 1.165) is 38.8 Å². The number of nitrogens with zero attached hydrogens (tertiary/aromatic N) is 3. The van der Waals surface area contributed by atoms with E-state index in [9.17, 15) is 14.7 Å². The predicted octanol–water partition coefficient (Wildman–Crippen LogP) is 2.71. The Kier molecular flexibility index (Phi) is 4.50. The van der Waals surface area contributed by atoms with E-state index >= 15 is 4.39 Å². The van der Waals surface area contributed by atoms with Gasteiger partial charge in [0.15, 0.2) is 11.6 Å². The van der Waals surface area contributed by atoms with Gasteiger partial charge in [-0.05, 0) is 51.3 Å². The van der Waals surface area contributed by atoms with Crippen molar-refractivity contribution in [2.75, 3.05) is 38.7 Å². The Labute approximate surface area is 173 Å². The van der Waals surface area contributed by atoms with Crippen LogP contribution < -0.4 is 15.1 Å². The lowest BCUT2D eigenvalue weighted by atomic mass is 9.93. The molecule has 30 heavy (non-hydrogen) atoms. The van der Waals surface area contributed by atoms with Gasteiger partial charge in [0.25, 0.3) is 0 Å². The van der Waals surface area contributed by atoms with Gasteiger partial charge >= 0.3 is 5.97 Å². The van der Waals surface area contributed by atoms with Gasteiger partial charge in [-0.1, -0.05) is 0 Å². The van der Waals surface area contributed by atoms with Crippen LogP contribution in [0.25, 0.3) is 10.9 Å². The van der Waals surface area contributed by atoms with Crippen molar-refractivity contribution in [3.8, 4) is 5.75 Å². The molecule has 1 aromatic heterocycles. The highest BCUT2D eigenvalue weighted by Gasteiger charge is 2.40. The molecule has 3 heterocycles. The number of piperidine rings is 1. The Morgan fingerprint density at radius 1 is 1.27 bits per heavy atom. The monoisotopic (exact) mass is 415 g/mol. The van der Waals surface area contributed by atoms with E-state index in [0.29, 0.717) is 35.5 Å². The molecule has 5 rings (SSSR count). The van der Waals surface area contributed by atoms with Crippen molar-refractivity contribution in [1.82, 2.24) is 9.47 Å². The normalized spacial score (nSPS) is 24.3. The number of benzene rings is 1. The van der Waals surface area contributed by atoms with Crippen LogP contribution in [0, 0.1) is 11.7 Å². The molecule has 1 N–H and O–H groups in total. The number of hydrogen-bond donors (Lipinski definition) is 1. The average Bonchev–Trinajstić information content (AvgIpc) is 3.46. The Balaban J connectivity index is 1.72. The summed E-state index contributed by atoms with van der Waals surface area (Å²) in [7, 11) is 3.60. The van der Waals surface area contributed by atoms with E-state index in [2.05, 4.69) is 11.9 Å². The molecule has 2 aliphatic heterocycles. The molecule has 3 aliphatic rings. The van der Waals surface area contributed by atoms with Crippen LogP contribution in [0.5, 0.6) is 5.75 Å². The molecule has 0 radical (unpaired) electrons. The minimum Gasteiger partial charge on any atom is -0.492 e. The number of hydrogen-bond acceptors (Lipinski definition) is 5. The number of methoxy groups -OCH3 is 1. The first-order chi connectivity index (χ1) is 14.4. The van der Waals surface area contributed by atoms with Gasteiger partial charge in [0, 0.05) is 31.4 Å². The molecule has 0 bridgehead atoms. The number of carboxylic acids is 1. The number of halogens is 1. The fourth-order valence-corrected chi connectivity index (χ4v) is 5.31. The number of aromatic nitrogens is 1. The molecule has 3 fully saturated rings. The summed E-state index contributed by atoms with van der Waals surface area (Å²) < 4.78 is 22.9. The topological polar surface area (TPSA) is 75.0 Å². The van der Waals surface area contributed by atoms with Crippen molar-refractivity contribution in [1.29, 1.82) is 0 Å². The quantitative estimate of drug-likeness (QED) is 0.828. The lowest BCUT2D eigenvalue weighted by Gasteiger charge is -2.33. The SMILES string of the molecule is COc1c(N2C[C@H]3CCCN(C)[C@@H]3C2)c(F)cc2c(=O)c(C(=O)O)cn(C3CC3)c12. The second kappa shape index (κ2) is 6.97. The number of ether oxygens (including phenoxy) is 1. The van der Waals surface area contributed by atoms with Gasteiger partial charge in [0.2, 0.25) is 5.43 Å². The molecular weight excluding hydrogens is 389 g/mol. The predicted molar refractivity (Wildman–Crippen MR) is 111 cm³/mol. The average molecular weight is 415 g/mol. The maximum absolute atomic E-state index is 15.4. The summed E-state index contributed by atoms with van der Waals surface area (Å²) in [6.45, 7) is 2.50. The molecule has 0 unspecified atom stereocenters. The highest BCUT2D eigenvalue weighted by molar-refractivity contribution is 5.97. The highest BCUT2D eigenvalue weighted by Crippen LogP contribution is 2.45. The van der Waals surface area contributed by atoms with Crippen LogP contribution in [-0.2, 0) is 0 Å². The highest BCUT2D eigenvalue weighted by atomic mass is 19.1. The molecule has 7 nitrogen and oxygen atoms in total. The number of rotatable bonds is 4. The minimum atomic E-state index is -1.30. The van der Waals surface area contributed by atoms with Crippen LogP contribution in [0.1, 0.15) is 42.1 Å². The number of carbonyl (C=O) groups is 1. The summed E-state index contributed by atoms with van der Waals surface area (Å²) in [6, 6.07) is 1.68. The van der Waals surface area contributed by atoms with E-state index in [-0.39, 0.29) is 17.0 Å².